The van der Waals surface area contributed by atoms with Crippen LogP contribution in [0.3, 0.4) is 0 Å². The molecule has 0 unspecified atom stereocenters. The third kappa shape index (κ3) is 2.70. The van der Waals surface area contributed by atoms with Crippen molar-refractivity contribution in [2.75, 3.05) is 0 Å². The molecule has 0 fully saturated rings. The van der Waals surface area contributed by atoms with Gasteiger partial charge in [0.1, 0.15) is 0 Å². The lowest BCUT2D eigenvalue weighted by atomic mass is 10.3. The van der Waals surface area contributed by atoms with Crippen molar-refractivity contribution in [3.63, 3.8) is 0 Å². The molecule has 0 saturated carbocycles. The Morgan fingerprint density at radius 3 is 2.78 bits per heavy atom. The molecule has 0 spiro atoms. The van der Waals surface area contributed by atoms with Crippen molar-refractivity contribution in [1.29, 1.82) is 0 Å². The summed E-state index contributed by atoms with van der Waals surface area (Å²) in [5, 5.41) is 13.6. The van der Waals surface area contributed by atoms with Gasteiger partial charge in [0.2, 0.25) is 0 Å². The number of aliphatic hydroxyl groups excluding tert-OH is 1. The number of imidazole rings is 1. The number of aromatic amines is 1. The lowest BCUT2D eigenvalue weighted by molar-refractivity contribution is 0.269. The zero-order valence-electron chi connectivity index (χ0n) is 10.7. The third-order valence-corrected chi connectivity index (χ3v) is 3.31. The van der Waals surface area contributed by atoms with Crippen LogP contribution >= 0.6 is 12.2 Å². The topological polar surface area (TPSA) is 58.8 Å². The van der Waals surface area contributed by atoms with Crippen molar-refractivity contribution in [3.8, 4) is 0 Å². The largest absolute Gasteiger partial charge is 0.390 e. The molecule has 2 aromatic heterocycles. The molecule has 2 heterocycles. The van der Waals surface area contributed by atoms with Crippen LogP contribution in [0.4, 0.5) is 0 Å². The first kappa shape index (κ1) is 13.0. The number of aryl methyl sites for hydroxylation is 3. The van der Waals surface area contributed by atoms with Gasteiger partial charge in [0.25, 0.3) is 0 Å². The van der Waals surface area contributed by atoms with E-state index in [4.69, 9.17) is 12.2 Å². The van der Waals surface area contributed by atoms with Crippen molar-refractivity contribution in [1.82, 2.24) is 19.3 Å². The summed E-state index contributed by atoms with van der Waals surface area (Å²) in [6.07, 6.45) is 2.69. The second-order valence-corrected chi connectivity index (χ2v) is 4.79. The van der Waals surface area contributed by atoms with E-state index in [9.17, 15) is 5.11 Å². The molecule has 0 aromatic carbocycles. The normalized spacial score (nSPS) is 11.1. The SMILES string of the molecule is Cc1cc(C)n(CCCn2c(CO)c[nH]c2=S)n1. The average Bonchev–Trinajstić information content (AvgIpc) is 2.83. The highest BCUT2D eigenvalue weighted by atomic mass is 32.1. The Balaban J connectivity index is 1.98. The van der Waals surface area contributed by atoms with E-state index < -0.39 is 0 Å². The molecule has 98 valence electrons. The summed E-state index contributed by atoms with van der Waals surface area (Å²) >= 11 is 5.17. The Kier molecular flexibility index (Phi) is 3.98. The van der Waals surface area contributed by atoms with Gasteiger partial charge < -0.3 is 14.7 Å². The van der Waals surface area contributed by atoms with E-state index in [1.165, 1.54) is 5.69 Å². The van der Waals surface area contributed by atoms with Gasteiger partial charge in [0.15, 0.2) is 4.77 Å². The van der Waals surface area contributed by atoms with Crippen LogP contribution in [-0.4, -0.2) is 24.4 Å². The maximum atomic E-state index is 9.19. The molecule has 0 radical (unpaired) electrons. The van der Waals surface area contributed by atoms with E-state index in [1.54, 1.807) is 6.20 Å². The van der Waals surface area contributed by atoms with Crippen LogP contribution < -0.4 is 0 Å². The minimum absolute atomic E-state index is 0.00699. The van der Waals surface area contributed by atoms with Gasteiger partial charge in [-0.15, -0.1) is 0 Å². The summed E-state index contributed by atoms with van der Waals surface area (Å²) in [6.45, 7) is 5.71. The predicted octanol–water partition coefficient (Wildman–Crippen LogP) is 1.94. The Morgan fingerprint density at radius 2 is 2.17 bits per heavy atom. The second kappa shape index (κ2) is 5.49. The molecule has 2 aromatic rings. The molecule has 5 nitrogen and oxygen atoms in total. The van der Waals surface area contributed by atoms with Gasteiger partial charge in [-0.25, -0.2) is 0 Å². The summed E-state index contributed by atoms with van der Waals surface area (Å²) < 4.78 is 4.60. The number of hydrogen-bond acceptors (Lipinski definition) is 3. The minimum atomic E-state index is 0.00699. The summed E-state index contributed by atoms with van der Waals surface area (Å²) in [5.41, 5.74) is 3.04. The first-order valence-electron chi connectivity index (χ1n) is 6.01. The number of nitrogens with one attached hydrogen (secondary N) is 1. The monoisotopic (exact) mass is 266 g/mol. The molecule has 6 heteroatoms. The smallest absolute Gasteiger partial charge is 0.177 e. The highest BCUT2D eigenvalue weighted by Crippen LogP contribution is 2.06. The molecule has 0 amide bonds. The minimum Gasteiger partial charge on any atom is -0.390 e. The number of rotatable bonds is 5. The van der Waals surface area contributed by atoms with E-state index >= 15 is 0 Å². The van der Waals surface area contributed by atoms with Crippen molar-refractivity contribution in [2.24, 2.45) is 0 Å². The number of nitrogens with zero attached hydrogens (tertiary/aromatic N) is 3. The van der Waals surface area contributed by atoms with Gasteiger partial charge in [-0.05, 0) is 38.6 Å². The number of hydrogen-bond donors (Lipinski definition) is 2. The van der Waals surface area contributed by atoms with Crippen LogP contribution in [0.15, 0.2) is 12.3 Å². The molecule has 2 N–H and O–H groups in total. The summed E-state index contributed by atoms with van der Waals surface area (Å²) in [7, 11) is 0. The molecule has 0 atom stereocenters. The van der Waals surface area contributed by atoms with Gasteiger partial charge in [-0.3, -0.25) is 4.68 Å². The van der Waals surface area contributed by atoms with E-state index in [2.05, 4.69) is 23.1 Å². The maximum absolute atomic E-state index is 9.19. The standard InChI is InChI=1S/C12H18N4OS/c1-9-6-10(2)16(14-9)5-3-4-15-11(8-17)7-13-12(15)18/h6-7,17H,3-5,8H2,1-2H3,(H,13,18). The van der Waals surface area contributed by atoms with Crippen LogP contribution in [0.25, 0.3) is 0 Å². The Hall–Kier alpha value is -1.40. The summed E-state index contributed by atoms with van der Waals surface area (Å²) in [6, 6.07) is 2.07. The number of aliphatic hydroxyl groups is 1. The Bertz CT molecular complexity index is 581. The molecule has 0 aliphatic rings. The lowest BCUT2D eigenvalue weighted by Crippen LogP contribution is -2.09. The van der Waals surface area contributed by atoms with Gasteiger partial charge in [-0.1, -0.05) is 0 Å². The molecule has 18 heavy (non-hydrogen) atoms. The van der Waals surface area contributed by atoms with Crippen LogP contribution in [0, 0.1) is 18.6 Å². The molecule has 0 aliphatic heterocycles. The predicted molar refractivity (Wildman–Crippen MR) is 71.9 cm³/mol. The zero-order valence-corrected chi connectivity index (χ0v) is 11.5. The van der Waals surface area contributed by atoms with Crippen LogP contribution in [0.2, 0.25) is 0 Å². The quantitative estimate of drug-likeness (QED) is 0.813. The van der Waals surface area contributed by atoms with Gasteiger partial charge in [-0.2, -0.15) is 5.10 Å². The van der Waals surface area contributed by atoms with E-state index in [1.807, 2.05) is 16.2 Å². The van der Waals surface area contributed by atoms with Gasteiger partial charge in [0, 0.05) is 25.0 Å². The van der Waals surface area contributed by atoms with Crippen LogP contribution in [0.1, 0.15) is 23.5 Å². The van der Waals surface area contributed by atoms with E-state index in [0.29, 0.717) is 4.77 Å². The highest BCUT2D eigenvalue weighted by molar-refractivity contribution is 7.71. The van der Waals surface area contributed by atoms with Crippen molar-refractivity contribution >= 4 is 12.2 Å². The first-order chi connectivity index (χ1) is 8.61. The average molecular weight is 266 g/mol. The first-order valence-corrected chi connectivity index (χ1v) is 6.41. The molecule has 0 saturated heterocycles. The molecular formula is C12H18N4OS. The van der Waals surface area contributed by atoms with E-state index in [-0.39, 0.29) is 6.61 Å². The summed E-state index contributed by atoms with van der Waals surface area (Å²) in [4.78, 5) is 2.95. The Labute approximate surface area is 111 Å². The fraction of sp³-hybridized carbons (Fsp3) is 0.500. The van der Waals surface area contributed by atoms with E-state index in [0.717, 1.165) is 30.9 Å². The van der Waals surface area contributed by atoms with Crippen molar-refractivity contribution in [3.05, 3.63) is 34.1 Å². The Morgan fingerprint density at radius 1 is 1.39 bits per heavy atom. The van der Waals surface area contributed by atoms with Gasteiger partial charge in [0.05, 0.1) is 18.0 Å². The second-order valence-electron chi connectivity index (χ2n) is 4.40. The fourth-order valence-electron chi connectivity index (χ4n) is 2.09. The maximum Gasteiger partial charge on any atom is 0.177 e. The zero-order chi connectivity index (χ0) is 13.1. The van der Waals surface area contributed by atoms with Crippen LogP contribution in [0.5, 0.6) is 0 Å². The lowest BCUT2D eigenvalue weighted by Gasteiger charge is -2.07. The molecule has 0 bridgehead atoms. The molecular weight excluding hydrogens is 248 g/mol. The highest BCUT2D eigenvalue weighted by Gasteiger charge is 2.04. The van der Waals surface area contributed by atoms with Crippen molar-refractivity contribution < 1.29 is 5.11 Å². The van der Waals surface area contributed by atoms with Crippen LogP contribution in [-0.2, 0) is 19.7 Å². The van der Waals surface area contributed by atoms with Gasteiger partial charge >= 0.3 is 0 Å². The third-order valence-electron chi connectivity index (χ3n) is 2.97. The van der Waals surface area contributed by atoms with Crippen molar-refractivity contribution in [2.45, 2.75) is 40.0 Å². The number of aromatic nitrogens is 4. The molecule has 2 rings (SSSR count). The fourth-order valence-corrected chi connectivity index (χ4v) is 2.35. The number of H-pyrrole nitrogens is 1. The summed E-state index contributed by atoms with van der Waals surface area (Å²) in [5.74, 6) is 0. The molecule has 0 aliphatic carbocycles.